The Bertz CT molecular complexity index is 1060. The summed E-state index contributed by atoms with van der Waals surface area (Å²) >= 11 is 6.07. The van der Waals surface area contributed by atoms with E-state index in [0.717, 1.165) is 22.6 Å². The monoisotopic (exact) mass is 500 g/mol. The highest BCUT2D eigenvalue weighted by Crippen LogP contribution is 2.42. The van der Waals surface area contributed by atoms with E-state index in [1.54, 1.807) is 26.2 Å². The maximum atomic E-state index is 13.6. The zero-order valence-corrected chi connectivity index (χ0v) is 21.2. The number of nitrogens with zero attached hydrogens (tertiary/aromatic N) is 5. The first-order chi connectivity index (χ1) is 16.8. The number of halogens is 1. The van der Waals surface area contributed by atoms with Crippen LogP contribution in [0.1, 0.15) is 48.1 Å². The van der Waals surface area contributed by atoms with Crippen molar-refractivity contribution in [2.24, 2.45) is 0 Å². The van der Waals surface area contributed by atoms with Gasteiger partial charge in [-0.25, -0.2) is 9.97 Å². The quantitative estimate of drug-likeness (QED) is 0.597. The molecule has 9 nitrogen and oxygen atoms in total. The van der Waals surface area contributed by atoms with Gasteiger partial charge in [0.05, 0.1) is 24.3 Å². The summed E-state index contributed by atoms with van der Waals surface area (Å²) in [6.07, 6.45) is 1.63. The van der Waals surface area contributed by atoms with Gasteiger partial charge in [0.25, 0.3) is 0 Å². The molecule has 0 bridgehead atoms. The number of likely N-dealkylation sites (N-methyl/N-ethyl adjacent to an activating group) is 1. The largest absolute Gasteiger partial charge is 0.387 e. The highest BCUT2D eigenvalue weighted by molar-refractivity contribution is 6.30. The van der Waals surface area contributed by atoms with Crippen molar-refractivity contribution < 1.29 is 14.7 Å². The summed E-state index contributed by atoms with van der Waals surface area (Å²) in [5.74, 6) is 0.615. The van der Waals surface area contributed by atoms with Gasteiger partial charge in [-0.15, -0.1) is 0 Å². The molecule has 1 aliphatic heterocycles. The number of nitrogens with one attached hydrogen (secondary N) is 1. The van der Waals surface area contributed by atoms with Gasteiger partial charge < -0.3 is 25.1 Å². The highest BCUT2D eigenvalue weighted by atomic mass is 35.5. The van der Waals surface area contributed by atoms with Crippen molar-refractivity contribution in [3.8, 4) is 0 Å². The Morgan fingerprint density at radius 2 is 1.86 bits per heavy atom. The second kappa shape index (κ2) is 10.9. The third-order valence-electron chi connectivity index (χ3n) is 6.86. The number of benzene rings is 1. The van der Waals surface area contributed by atoms with E-state index in [0.29, 0.717) is 44.2 Å². The minimum atomic E-state index is -0.545. The van der Waals surface area contributed by atoms with Crippen LogP contribution in [-0.2, 0) is 9.59 Å². The maximum absolute atomic E-state index is 13.6. The van der Waals surface area contributed by atoms with Crippen LogP contribution in [0.15, 0.2) is 30.6 Å². The Morgan fingerprint density at radius 3 is 2.51 bits per heavy atom. The molecule has 1 saturated heterocycles. The predicted octanol–water partition coefficient (Wildman–Crippen LogP) is 1.78. The van der Waals surface area contributed by atoms with E-state index < -0.39 is 12.0 Å². The van der Waals surface area contributed by atoms with Crippen LogP contribution in [0.2, 0.25) is 5.02 Å². The number of amides is 2. The minimum Gasteiger partial charge on any atom is -0.387 e. The van der Waals surface area contributed by atoms with Crippen molar-refractivity contribution in [2.75, 3.05) is 58.3 Å². The average molecular weight is 501 g/mol. The van der Waals surface area contributed by atoms with Gasteiger partial charge in [-0.3, -0.25) is 9.59 Å². The molecular formula is C25H33ClN6O3. The molecule has 1 aliphatic carbocycles. The third-order valence-corrected chi connectivity index (χ3v) is 7.12. The number of aliphatic hydroxyl groups excluding tert-OH is 1. The van der Waals surface area contributed by atoms with Crippen LogP contribution in [0, 0.1) is 0 Å². The molecule has 0 spiro atoms. The molecule has 3 atom stereocenters. The van der Waals surface area contributed by atoms with E-state index >= 15 is 0 Å². The fraction of sp³-hybridized carbons (Fsp3) is 0.520. The average Bonchev–Trinajstić information content (AvgIpc) is 3.15. The molecule has 35 heavy (non-hydrogen) atoms. The molecule has 2 aliphatic rings. The number of hydrogen-bond donors (Lipinski definition) is 2. The number of carbonyl (C=O) groups excluding carboxylic acids is 2. The molecule has 0 saturated carbocycles. The molecule has 1 aromatic carbocycles. The molecule has 4 rings (SSSR count). The molecule has 0 unspecified atom stereocenters. The number of anilines is 1. The van der Waals surface area contributed by atoms with E-state index in [1.165, 1.54) is 11.2 Å². The number of fused-ring (bicyclic) bond motifs is 1. The van der Waals surface area contributed by atoms with Gasteiger partial charge >= 0.3 is 0 Å². The summed E-state index contributed by atoms with van der Waals surface area (Å²) in [4.78, 5) is 40.0. The fourth-order valence-electron chi connectivity index (χ4n) is 4.84. The molecule has 188 valence electrons. The van der Waals surface area contributed by atoms with Crippen LogP contribution in [0.25, 0.3) is 0 Å². The molecule has 0 radical (unpaired) electrons. The number of aromatic nitrogens is 2. The van der Waals surface area contributed by atoms with Gasteiger partial charge in [0.2, 0.25) is 11.8 Å². The first-order valence-corrected chi connectivity index (χ1v) is 12.4. The molecule has 2 aromatic rings. The summed E-state index contributed by atoms with van der Waals surface area (Å²) in [6, 6.07) is 7.30. The Hall–Kier alpha value is -2.75. The van der Waals surface area contributed by atoms with Crippen LogP contribution in [0.4, 0.5) is 5.82 Å². The zero-order valence-electron chi connectivity index (χ0n) is 20.4. The number of carbonyl (C=O) groups is 2. The van der Waals surface area contributed by atoms with E-state index in [9.17, 15) is 14.7 Å². The van der Waals surface area contributed by atoms with Crippen molar-refractivity contribution in [1.82, 2.24) is 25.1 Å². The molecule has 2 N–H and O–H groups in total. The van der Waals surface area contributed by atoms with E-state index in [4.69, 9.17) is 11.6 Å². The van der Waals surface area contributed by atoms with E-state index in [1.807, 2.05) is 17.0 Å². The maximum Gasteiger partial charge on any atom is 0.236 e. The summed E-state index contributed by atoms with van der Waals surface area (Å²) in [7, 11) is 3.42. The van der Waals surface area contributed by atoms with Crippen molar-refractivity contribution in [2.45, 2.75) is 31.3 Å². The SMILES string of the molecule is C[C@@H]1C[C@@H](O)c2ncnc(N3CCN(C(=O)[C@H](CNCC(=O)N(C)C)c4ccc(Cl)cc4)CC3)c21. The lowest BCUT2D eigenvalue weighted by molar-refractivity contribution is -0.133. The lowest BCUT2D eigenvalue weighted by atomic mass is 9.97. The Labute approximate surface area is 211 Å². The lowest BCUT2D eigenvalue weighted by Crippen LogP contribution is -2.51. The number of rotatable bonds is 7. The second-order valence-electron chi connectivity index (χ2n) is 9.48. The topological polar surface area (TPSA) is 102 Å². The number of aliphatic hydroxyl groups is 1. The van der Waals surface area contributed by atoms with Crippen LogP contribution < -0.4 is 10.2 Å². The van der Waals surface area contributed by atoms with Crippen LogP contribution >= 0.6 is 11.6 Å². The molecule has 2 amide bonds. The zero-order chi connectivity index (χ0) is 25.1. The van der Waals surface area contributed by atoms with E-state index in [-0.39, 0.29) is 24.3 Å². The van der Waals surface area contributed by atoms with Gasteiger partial charge in [0.15, 0.2) is 0 Å². The third kappa shape index (κ3) is 5.58. The first-order valence-electron chi connectivity index (χ1n) is 12.0. The number of piperazine rings is 1. The first kappa shape index (κ1) is 25.3. The van der Waals surface area contributed by atoms with Crippen molar-refractivity contribution in [3.05, 3.63) is 52.4 Å². The summed E-state index contributed by atoms with van der Waals surface area (Å²) in [5.41, 5.74) is 2.61. The van der Waals surface area contributed by atoms with Crippen LogP contribution in [-0.4, -0.2) is 90.1 Å². The predicted molar refractivity (Wildman–Crippen MR) is 135 cm³/mol. The lowest BCUT2D eigenvalue weighted by Gasteiger charge is -2.38. The minimum absolute atomic E-state index is 0.0217. The van der Waals surface area contributed by atoms with Gasteiger partial charge in [-0.1, -0.05) is 30.7 Å². The molecule has 10 heteroatoms. The molecular weight excluding hydrogens is 468 g/mol. The Morgan fingerprint density at radius 1 is 1.17 bits per heavy atom. The van der Waals surface area contributed by atoms with Gasteiger partial charge in [-0.2, -0.15) is 0 Å². The summed E-state index contributed by atoms with van der Waals surface area (Å²) in [5, 5.41) is 14.1. The molecule has 1 aromatic heterocycles. The van der Waals surface area contributed by atoms with Crippen molar-refractivity contribution in [1.29, 1.82) is 0 Å². The number of hydrogen-bond acceptors (Lipinski definition) is 7. The molecule has 1 fully saturated rings. The Kier molecular flexibility index (Phi) is 7.88. The van der Waals surface area contributed by atoms with Crippen molar-refractivity contribution >= 4 is 29.2 Å². The summed E-state index contributed by atoms with van der Waals surface area (Å²) in [6.45, 7) is 5.04. The smallest absolute Gasteiger partial charge is 0.236 e. The molecule has 2 heterocycles. The standard InChI is InChI=1S/C25H33ClN6O3/c1-16-12-20(33)23-22(16)24(29-15-28-23)31-8-10-32(11-9-31)25(35)19(13-27-14-21(34)30(2)3)17-4-6-18(26)7-5-17/h4-7,15-16,19-20,27,33H,8-14H2,1-3H3/t16-,19-,20-/m1/s1. The van der Waals surface area contributed by atoms with Gasteiger partial charge in [0, 0.05) is 57.4 Å². The summed E-state index contributed by atoms with van der Waals surface area (Å²) < 4.78 is 0. The fourth-order valence-corrected chi connectivity index (χ4v) is 4.96. The van der Waals surface area contributed by atoms with E-state index in [2.05, 4.69) is 27.1 Å². The van der Waals surface area contributed by atoms with Crippen LogP contribution in [0.5, 0.6) is 0 Å². The van der Waals surface area contributed by atoms with Crippen molar-refractivity contribution in [3.63, 3.8) is 0 Å². The highest BCUT2D eigenvalue weighted by Gasteiger charge is 2.35. The second-order valence-corrected chi connectivity index (χ2v) is 9.92. The Balaban J connectivity index is 1.44. The van der Waals surface area contributed by atoms with Crippen LogP contribution in [0.3, 0.4) is 0 Å². The normalized spacial score (nSPS) is 20.5. The van der Waals surface area contributed by atoms with Gasteiger partial charge in [0.1, 0.15) is 12.1 Å². The van der Waals surface area contributed by atoms with Gasteiger partial charge in [-0.05, 0) is 30.0 Å².